The van der Waals surface area contributed by atoms with Crippen molar-refractivity contribution in [3.8, 4) is 0 Å². The number of rotatable bonds is 5. The number of carbonyl (C=O) groups is 2. The van der Waals surface area contributed by atoms with Crippen molar-refractivity contribution < 1.29 is 23.8 Å². The minimum absolute atomic E-state index is 0.00814. The fourth-order valence-electron chi connectivity index (χ4n) is 1.85. The molecule has 0 amide bonds. The van der Waals surface area contributed by atoms with E-state index in [1.165, 1.54) is 19.2 Å². The predicted molar refractivity (Wildman–Crippen MR) is 78.8 cm³/mol. The highest BCUT2D eigenvalue weighted by atomic mass is 19.1. The molecule has 0 aromatic heterocycles. The topological polar surface area (TPSA) is 75.6 Å². The molecule has 22 heavy (non-hydrogen) atoms. The molecule has 0 aliphatic heterocycles. The van der Waals surface area contributed by atoms with Crippen LogP contribution in [0, 0.1) is 5.82 Å². The van der Waals surface area contributed by atoms with Crippen LogP contribution in [0.5, 0.6) is 0 Å². The zero-order valence-electron chi connectivity index (χ0n) is 11.8. The molecule has 0 saturated carbocycles. The van der Waals surface area contributed by atoms with Crippen LogP contribution in [0.1, 0.15) is 15.9 Å². The number of hydrogen-bond donors (Lipinski definition) is 2. The summed E-state index contributed by atoms with van der Waals surface area (Å²) in [6.07, 6.45) is 0.152. The second kappa shape index (κ2) is 6.71. The van der Waals surface area contributed by atoms with E-state index in [9.17, 15) is 14.0 Å². The summed E-state index contributed by atoms with van der Waals surface area (Å²) in [6, 6.07) is 10.3. The number of halogens is 1. The number of anilines is 2. The number of nitrogens with one attached hydrogen (secondary N) is 1. The van der Waals surface area contributed by atoms with Crippen LogP contribution in [-0.4, -0.2) is 24.2 Å². The Balaban J connectivity index is 2.15. The summed E-state index contributed by atoms with van der Waals surface area (Å²) in [6.45, 7) is 0. The first kappa shape index (κ1) is 15.5. The lowest BCUT2D eigenvalue weighted by Gasteiger charge is -2.09. The lowest BCUT2D eigenvalue weighted by atomic mass is 10.1. The molecule has 2 rings (SSSR count). The highest BCUT2D eigenvalue weighted by Gasteiger charge is 2.09. The van der Waals surface area contributed by atoms with Crippen molar-refractivity contribution in [2.45, 2.75) is 6.42 Å². The Kier molecular flexibility index (Phi) is 4.73. The number of hydrogen-bond acceptors (Lipinski definition) is 4. The minimum Gasteiger partial charge on any atom is -0.478 e. The van der Waals surface area contributed by atoms with Gasteiger partial charge in [0.2, 0.25) is 0 Å². The molecule has 0 unspecified atom stereocenters. The molecule has 0 radical (unpaired) electrons. The SMILES string of the molecule is COC(=O)Cc1ccc(Nc2cc(C(=O)O)ccc2F)cc1. The average Bonchev–Trinajstić information content (AvgIpc) is 2.51. The van der Waals surface area contributed by atoms with E-state index in [0.29, 0.717) is 5.69 Å². The van der Waals surface area contributed by atoms with Crippen LogP contribution in [0.25, 0.3) is 0 Å². The van der Waals surface area contributed by atoms with Gasteiger partial charge in [-0.25, -0.2) is 9.18 Å². The Labute approximate surface area is 126 Å². The molecule has 2 aromatic carbocycles. The number of aromatic carboxylic acids is 1. The van der Waals surface area contributed by atoms with Crippen molar-refractivity contribution in [3.05, 3.63) is 59.4 Å². The number of methoxy groups -OCH3 is 1. The van der Waals surface area contributed by atoms with E-state index in [1.807, 2.05) is 0 Å². The molecule has 114 valence electrons. The van der Waals surface area contributed by atoms with Crippen molar-refractivity contribution >= 4 is 23.3 Å². The van der Waals surface area contributed by atoms with Crippen molar-refractivity contribution in [1.29, 1.82) is 0 Å². The summed E-state index contributed by atoms with van der Waals surface area (Å²) in [5.41, 5.74) is 1.40. The molecule has 0 heterocycles. The first-order chi connectivity index (χ1) is 10.5. The molecule has 2 aromatic rings. The highest BCUT2D eigenvalue weighted by Crippen LogP contribution is 2.22. The van der Waals surface area contributed by atoms with Crippen LogP contribution < -0.4 is 5.32 Å². The predicted octanol–water partition coefficient (Wildman–Crippen LogP) is 2.98. The third-order valence-electron chi connectivity index (χ3n) is 3.02. The van der Waals surface area contributed by atoms with Gasteiger partial charge in [0.05, 0.1) is 24.8 Å². The van der Waals surface area contributed by atoms with E-state index in [-0.39, 0.29) is 23.6 Å². The summed E-state index contributed by atoms with van der Waals surface area (Å²) in [5, 5.41) is 11.7. The molecule has 0 fully saturated rings. The molecule has 0 aliphatic carbocycles. The van der Waals surface area contributed by atoms with Gasteiger partial charge in [0.15, 0.2) is 0 Å². The van der Waals surface area contributed by atoms with E-state index in [4.69, 9.17) is 5.11 Å². The molecule has 0 bridgehead atoms. The molecule has 0 aliphatic rings. The van der Waals surface area contributed by atoms with E-state index in [2.05, 4.69) is 10.1 Å². The Morgan fingerprint density at radius 2 is 1.86 bits per heavy atom. The Morgan fingerprint density at radius 1 is 1.18 bits per heavy atom. The van der Waals surface area contributed by atoms with Gasteiger partial charge in [-0.05, 0) is 35.9 Å². The fourth-order valence-corrected chi connectivity index (χ4v) is 1.85. The summed E-state index contributed by atoms with van der Waals surface area (Å²) < 4.78 is 18.3. The van der Waals surface area contributed by atoms with Crippen LogP contribution in [0.3, 0.4) is 0 Å². The zero-order valence-corrected chi connectivity index (χ0v) is 11.8. The Morgan fingerprint density at radius 3 is 2.45 bits per heavy atom. The molecule has 5 nitrogen and oxygen atoms in total. The van der Waals surface area contributed by atoms with Gasteiger partial charge in [-0.2, -0.15) is 0 Å². The van der Waals surface area contributed by atoms with E-state index < -0.39 is 11.8 Å². The summed E-state index contributed by atoms with van der Waals surface area (Å²) >= 11 is 0. The zero-order chi connectivity index (χ0) is 16.1. The normalized spacial score (nSPS) is 10.1. The van der Waals surface area contributed by atoms with Crippen molar-refractivity contribution in [2.24, 2.45) is 0 Å². The van der Waals surface area contributed by atoms with Crippen LogP contribution in [0.2, 0.25) is 0 Å². The van der Waals surface area contributed by atoms with E-state index in [1.54, 1.807) is 24.3 Å². The fraction of sp³-hybridized carbons (Fsp3) is 0.125. The van der Waals surface area contributed by atoms with Crippen LogP contribution in [-0.2, 0) is 16.0 Å². The second-order valence-corrected chi connectivity index (χ2v) is 4.57. The van der Waals surface area contributed by atoms with Crippen molar-refractivity contribution in [2.75, 3.05) is 12.4 Å². The summed E-state index contributed by atoms with van der Waals surface area (Å²) in [4.78, 5) is 22.1. The quantitative estimate of drug-likeness (QED) is 0.831. The van der Waals surface area contributed by atoms with Crippen molar-refractivity contribution in [3.63, 3.8) is 0 Å². The molecule has 0 spiro atoms. The van der Waals surface area contributed by atoms with Gasteiger partial charge in [0.1, 0.15) is 5.82 Å². The first-order valence-corrected chi connectivity index (χ1v) is 6.45. The average molecular weight is 303 g/mol. The molecule has 0 saturated heterocycles. The van der Waals surface area contributed by atoms with Crippen LogP contribution >= 0.6 is 0 Å². The lowest BCUT2D eigenvalue weighted by molar-refractivity contribution is -0.139. The third-order valence-corrected chi connectivity index (χ3v) is 3.02. The summed E-state index contributed by atoms with van der Waals surface area (Å²) in [7, 11) is 1.32. The molecule has 6 heteroatoms. The Hall–Kier alpha value is -2.89. The van der Waals surface area contributed by atoms with Crippen molar-refractivity contribution in [1.82, 2.24) is 0 Å². The van der Waals surface area contributed by atoms with Gasteiger partial charge in [0, 0.05) is 5.69 Å². The Bertz CT molecular complexity index is 698. The monoisotopic (exact) mass is 303 g/mol. The standard InChI is InChI=1S/C16H14FNO4/c1-22-15(19)8-10-2-5-12(6-3-10)18-14-9-11(16(20)21)4-7-13(14)17/h2-7,9,18H,8H2,1H3,(H,20,21). The van der Waals surface area contributed by atoms with Gasteiger partial charge >= 0.3 is 11.9 Å². The number of carboxylic acid groups (broad SMARTS) is 1. The maximum absolute atomic E-state index is 13.7. The lowest BCUT2D eigenvalue weighted by Crippen LogP contribution is -2.04. The molecular formula is C16H14FNO4. The molecule has 0 atom stereocenters. The minimum atomic E-state index is -1.13. The second-order valence-electron chi connectivity index (χ2n) is 4.57. The molecule has 2 N–H and O–H groups in total. The van der Waals surface area contributed by atoms with Gasteiger partial charge in [-0.3, -0.25) is 4.79 Å². The van der Waals surface area contributed by atoms with Crippen LogP contribution in [0.4, 0.5) is 15.8 Å². The van der Waals surface area contributed by atoms with Gasteiger partial charge in [-0.1, -0.05) is 12.1 Å². The maximum Gasteiger partial charge on any atom is 0.335 e. The van der Waals surface area contributed by atoms with Crippen LogP contribution in [0.15, 0.2) is 42.5 Å². The number of carboxylic acids is 1. The van der Waals surface area contributed by atoms with E-state index in [0.717, 1.165) is 11.6 Å². The smallest absolute Gasteiger partial charge is 0.335 e. The number of benzene rings is 2. The number of ether oxygens (including phenoxy) is 1. The molecular weight excluding hydrogens is 289 g/mol. The van der Waals surface area contributed by atoms with E-state index >= 15 is 0 Å². The number of carbonyl (C=O) groups excluding carboxylic acids is 1. The van der Waals surface area contributed by atoms with Gasteiger partial charge in [0.25, 0.3) is 0 Å². The van der Waals surface area contributed by atoms with Gasteiger partial charge in [-0.15, -0.1) is 0 Å². The first-order valence-electron chi connectivity index (χ1n) is 6.45. The number of esters is 1. The highest BCUT2D eigenvalue weighted by molar-refractivity contribution is 5.89. The maximum atomic E-state index is 13.7. The largest absolute Gasteiger partial charge is 0.478 e. The summed E-state index contributed by atoms with van der Waals surface area (Å²) in [5.74, 6) is -2.03. The van der Waals surface area contributed by atoms with Gasteiger partial charge < -0.3 is 15.2 Å². The third kappa shape index (κ3) is 3.82.